The number of carbonyl (C=O) groups excluding carboxylic acids is 2. The number of H-pyrrole nitrogens is 1. The van der Waals surface area contributed by atoms with Crippen molar-refractivity contribution in [2.75, 3.05) is 11.9 Å². The number of carboxylic acids is 1. The van der Waals surface area contributed by atoms with Crippen LogP contribution in [0.15, 0.2) is 64.7 Å². The summed E-state index contributed by atoms with van der Waals surface area (Å²) in [6.07, 6.45) is 11.0. The lowest BCUT2D eigenvalue weighted by Crippen LogP contribution is -2.34. The van der Waals surface area contributed by atoms with E-state index < -0.39 is 5.97 Å². The maximum atomic E-state index is 13.1. The zero-order chi connectivity index (χ0) is 29.1. The van der Waals surface area contributed by atoms with Gasteiger partial charge in [0.25, 0.3) is 5.91 Å². The molecule has 0 atom stereocenters. The Balaban J connectivity index is 1.01. The first-order valence-corrected chi connectivity index (χ1v) is 15.3. The fourth-order valence-electron chi connectivity index (χ4n) is 6.03. The predicted molar refractivity (Wildman–Crippen MR) is 161 cm³/mol. The lowest BCUT2D eigenvalue weighted by molar-refractivity contribution is -0.136. The van der Waals surface area contributed by atoms with Crippen LogP contribution >= 0.6 is 11.3 Å². The van der Waals surface area contributed by atoms with E-state index in [9.17, 15) is 19.5 Å². The van der Waals surface area contributed by atoms with Crippen molar-refractivity contribution in [1.29, 1.82) is 0 Å². The molecule has 11 heteroatoms. The highest BCUT2D eigenvalue weighted by Gasteiger charge is 2.29. The van der Waals surface area contributed by atoms with Gasteiger partial charge in [-0.1, -0.05) is 29.9 Å². The van der Waals surface area contributed by atoms with Crippen LogP contribution in [0.1, 0.15) is 66.9 Å². The highest BCUT2D eigenvalue weighted by molar-refractivity contribution is 7.09. The molecule has 218 valence electrons. The predicted octanol–water partition coefficient (Wildman–Crippen LogP) is 5.16. The van der Waals surface area contributed by atoms with E-state index >= 15 is 0 Å². The van der Waals surface area contributed by atoms with Crippen molar-refractivity contribution < 1.29 is 19.5 Å². The van der Waals surface area contributed by atoms with Gasteiger partial charge in [0.05, 0.1) is 24.0 Å². The Kier molecular flexibility index (Phi) is 8.18. The van der Waals surface area contributed by atoms with E-state index in [0.717, 1.165) is 59.5 Å². The number of anilines is 1. The molecule has 0 spiro atoms. The molecule has 3 heterocycles. The molecule has 42 heavy (non-hydrogen) atoms. The van der Waals surface area contributed by atoms with Gasteiger partial charge in [0.15, 0.2) is 0 Å². The Labute approximate surface area is 247 Å². The number of allylic oxidation sites excluding steroid dienone is 4. The summed E-state index contributed by atoms with van der Waals surface area (Å²) in [4.78, 5) is 51.6. The number of rotatable bonds is 9. The molecule has 4 N–H and O–H groups in total. The molecule has 1 fully saturated rings. The Morgan fingerprint density at radius 1 is 1.12 bits per heavy atom. The minimum Gasteiger partial charge on any atom is -0.481 e. The number of aliphatic carboxylic acids is 1. The second kappa shape index (κ2) is 12.3. The van der Waals surface area contributed by atoms with Crippen LogP contribution in [0.4, 0.5) is 5.95 Å². The van der Waals surface area contributed by atoms with Crippen molar-refractivity contribution >= 4 is 46.1 Å². The molecule has 2 amide bonds. The zero-order valence-electron chi connectivity index (χ0n) is 23.3. The van der Waals surface area contributed by atoms with Gasteiger partial charge in [0, 0.05) is 30.1 Å². The summed E-state index contributed by atoms with van der Waals surface area (Å²) < 4.78 is 0. The number of aromatic amines is 1. The molecular weight excluding hydrogens is 552 g/mol. The van der Waals surface area contributed by atoms with Crippen LogP contribution in [-0.4, -0.2) is 55.3 Å². The largest absolute Gasteiger partial charge is 0.481 e. The number of nitrogens with one attached hydrogen (secondary N) is 3. The number of aromatic nitrogens is 3. The molecule has 0 saturated heterocycles. The lowest BCUT2D eigenvalue weighted by atomic mass is 9.86. The van der Waals surface area contributed by atoms with E-state index in [0.29, 0.717) is 42.0 Å². The second-order valence-corrected chi connectivity index (χ2v) is 12.1. The monoisotopic (exact) mass is 586 g/mol. The first-order valence-electron chi connectivity index (χ1n) is 14.5. The number of carboxylic acid groups (broad SMARTS) is 1. The van der Waals surface area contributed by atoms with E-state index in [4.69, 9.17) is 0 Å². The van der Waals surface area contributed by atoms with Gasteiger partial charge in [-0.25, -0.2) is 9.97 Å². The molecule has 0 unspecified atom stereocenters. The first kappa shape index (κ1) is 27.9. The summed E-state index contributed by atoms with van der Waals surface area (Å²) in [5.41, 5.74) is 4.78. The topological polar surface area (TPSA) is 140 Å². The van der Waals surface area contributed by atoms with Gasteiger partial charge in [-0.3, -0.25) is 14.4 Å². The number of amides is 2. The number of hydrogen-bond acceptors (Lipinski definition) is 7. The molecule has 1 aliphatic heterocycles. The number of thiazole rings is 1. The highest BCUT2D eigenvalue weighted by atomic mass is 32.1. The third-order valence-corrected chi connectivity index (χ3v) is 9.08. The standard InChI is InChI=1S/C31H34N6O4S/c38-28-14-11-20(15-29(39)40)22-5-1-4-8-26(22)37(28)17-27-34-25(18-42-27)30(41)32-16-19-9-12-21(13-10-19)33-31-35-23-6-2-3-7-24(23)36-31/h1-4,6-8,18-19,21H,5,9-17H2,(H,32,41)(H,39,40)(H2,33,35,36). The SMILES string of the molecule is O=C(O)CC1=C2CC=CC=C2N(Cc2nc(C(=O)NCC3CCC(Nc4nc5ccccc5[nH]4)CC3)cs2)C(=O)CC1. The average molecular weight is 587 g/mol. The summed E-state index contributed by atoms with van der Waals surface area (Å²) in [7, 11) is 0. The van der Waals surface area contributed by atoms with Crippen LogP contribution < -0.4 is 10.6 Å². The van der Waals surface area contributed by atoms with Gasteiger partial charge in [-0.05, 0) is 68.2 Å². The third-order valence-electron chi connectivity index (χ3n) is 8.25. The summed E-state index contributed by atoms with van der Waals surface area (Å²) in [5.74, 6) is 0.0491. The zero-order valence-corrected chi connectivity index (χ0v) is 24.1. The molecule has 1 saturated carbocycles. The van der Waals surface area contributed by atoms with Gasteiger partial charge in [0.2, 0.25) is 11.9 Å². The number of hydrogen-bond donors (Lipinski definition) is 4. The van der Waals surface area contributed by atoms with E-state index in [1.54, 1.807) is 10.3 Å². The molecular formula is C31H34N6O4S. The maximum absolute atomic E-state index is 13.1. The highest BCUT2D eigenvalue weighted by Crippen LogP contribution is 2.35. The van der Waals surface area contributed by atoms with Gasteiger partial charge in [-0.2, -0.15) is 0 Å². The minimum absolute atomic E-state index is 0.0668. The van der Waals surface area contributed by atoms with Gasteiger partial charge in [0.1, 0.15) is 10.7 Å². The Morgan fingerprint density at radius 3 is 2.76 bits per heavy atom. The van der Waals surface area contributed by atoms with E-state index in [1.165, 1.54) is 11.3 Å². The Hall–Kier alpha value is -4.25. The Bertz CT molecular complexity index is 1560. The molecule has 3 aliphatic rings. The lowest BCUT2D eigenvalue weighted by Gasteiger charge is -2.29. The molecule has 10 nitrogen and oxygen atoms in total. The van der Waals surface area contributed by atoms with E-state index in [-0.39, 0.29) is 31.2 Å². The van der Waals surface area contributed by atoms with Crippen molar-refractivity contribution in [3.8, 4) is 0 Å². The van der Waals surface area contributed by atoms with Crippen molar-refractivity contribution in [1.82, 2.24) is 25.2 Å². The van der Waals surface area contributed by atoms with Crippen molar-refractivity contribution in [3.05, 3.63) is 75.4 Å². The maximum Gasteiger partial charge on any atom is 0.307 e. The number of carbonyl (C=O) groups is 3. The third kappa shape index (κ3) is 6.30. The van der Waals surface area contributed by atoms with Crippen LogP contribution in [0, 0.1) is 5.92 Å². The summed E-state index contributed by atoms with van der Waals surface area (Å²) in [6, 6.07) is 8.34. The van der Waals surface area contributed by atoms with Gasteiger partial charge < -0.3 is 25.6 Å². The summed E-state index contributed by atoms with van der Waals surface area (Å²) in [5, 5.41) is 18.4. The van der Waals surface area contributed by atoms with Crippen molar-refractivity contribution in [2.45, 2.75) is 64.0 Å². The minimum atomic E-state index is -0.893. The van der Waals surface area contributed by atoms with Crippen molar-refractivity contribution in [2.24, 2.45) is 5.92 Å². The number of imidazole rings is 1. The molecule has 2 aromatic heterocycles. The number of benzene rings is 1. The normalized spacial score (nSPS) is 20.7. The van der Waals surface area contributed by atoms with Crippen LogP contribution in [-0.2, 0) is 16.1 Å². The van der Waals surface area contributed by atoms with Crippen LogP contribution in [0.5, 0.6) is 0 Å². The quantitative estimate of drug-likeness (QED) is 0.272. The molecule has 0 radical (unpaired) electrons. The van der Waals surface area contributed by atoms with Crippen molar-refractivity contribution in [3.63, 3.8) is 0 Å². The molecule has 3 aromatic rings. The van der Waals surface area contributed by atoms with Crippen LogP contribution in [0.2, 0.25) is 0 Å². The average Bonchev–Trinajstić information content (AvgIpc) is 3.61. The van der Waals surface area contributed by atoms with E-state index in [2.05, 4.69) is 25.6 Å². The summed E-state index contributed by atoms with van der Waals surface area (Å²) >= 11 is 1.36. The van der Waals surface area contributed by atoms with E-state index in [1.807, 2.05) is 42.5 Å². The molecule has 2 aliphatic carbocycles. The fraction of sp³-hybridized carbons (Fsp3) is 0.387. The van der Waals surface area contributed by atoms with Crippen LogP contribution in [0.3, 0.4) is 0 Å². The number of nitrogens with zero attached hydrogens (tertiary/aromatic N) is 3. The summed E-state index contributed by atoms with van der Waals surface area (Å²) in [6.45, 7) is 0.857. The number of para-hydroxylation sites is 2. The Morgan fingerprint density at radius 2 is 1.95 bits per heavy atom. The molecule has 1 aromatic carbocycles. The first-order chi connectivity index (χ1) is 20.4. The molecule has 0 bridgehead atoms. The second-order valence-electron chi connectivity index (χ2n) is 11.1. The molecule has 6 rings (SSSR count). The van der Waals surface area contributed by atoms with Gasteiger partial charge >= 0.3 is 5.97 Å². The number of fused-ring (bicyclic) bond motifs is 2. The van der Waals surface area contributed by atoms with Gasteiger partial charge in [-0.15, -0.1) is 11.3 Å². The van der Waals surface area contributed by atoms with Crippen LogP contribution in [0.25, 0.3) is 11.0 Å². The fourth-order valence-corrected chi connectivity index (χ4v) is 6.80. The smallest absolute Gasteiger partial charge is 0.307 e.